The van der Waals surface area contributed by atoms with Gasteiger partial charge >= 0.3 is 0 Å². The molecule has 1 unspecified atom stereocenters. The van der Waals surface area contributed by atoms with Crippen LogP contribution in [0.3, 0.4) is 0 Å². The predicted molar refractivity (Wildman–Crippen MR) is 76.9 cm³/mol. The summed E-state index contributed by atoms with van der Waals surface area (Å²) in [5.74, 6) is 0. The lowest BCUT2D eigenvalue weighted by molar-refractivity contribution is 0.0855. The highest BCUT2D eigenvalue weighted by atomic mass is 79.9. The Morgan fingerprint density at radius 1 is 1.53 bits per heavy atom. The first kappa shape index (κ1) is 12.8. The standard InChI is InChI=1S/C12H15BrN2OS/c1-3-16-8(2)7-14-12-15-10-6-9(13)4-5-11(10)17-12/h4-6,8H,3,7H2,1-2H3,(H,14,15). The van der Waals surface area contributed by atoms with E-state index in [4.69, 9.17) is 4.74 Å². The van der Waals surface area contributed by atoms with Gasteiger partial charge in [-0.2, -0.15) is 0 Å². The molecule has 0 amide bonds. The van der Waals surface area contributed by atoms with Crippen molar-refractivity contribution in [3.63, 3.8) is 0 Å². The second-order valence-electron chi connectivity index (χ2n) is 3.78. The van der Waals surface area contributed by atoms with Crippen LogP contribution in [0.4, 0.5) is 5.13 Å². The molecule has 1 atom stereocenters. The molecule has 1 N–H and O–H groups in total. The summed E-state index contributed by atoms with van der Waals surface area (Å²) in [7, 11) is 0. The van der Waals surface area contributed by atoms with E-state index in [1.807, 2.05) is 19.1 Å². The van der Waals surface area contributed by atoms with Crippen molar-refractivity contribution in [1.82, 2.24) is 4.98 Å². The number of halogens is 1. The smallest absolute Gasteiger partial charge is 0.183 e. The zero-order valence-corrected chi connectivity index (χ0v) is 12.3. The van der Waals surface area contributed by atoms with Crippen molar-refractivity contribution < 1.29 is 4.74 Å². The highest BCUT2D eigenvalue weighted by molar-refractivity contribution is 9.10. The van der Waals surface area contributed by atoms with Crippen LogP contribution in [0.15, 0.2) is 22.7 Å². The maximum absolute atomic E-state index is 5.46. The molecular weight excluding hydrogens is 300 g/mol. The number of nitrogens with zero attached hydrogens (tertiary/aromatic N) is 1. The Bertz CT molecular complexity index is 500. The molecule has 0 aliphatic carbocycles. The maximum Gasteiger partial charge on any atom is 0.183 e. The molecule has 3 nitrogen and oxygen atoms in total. The fraction of sp³-hybridized carbons (Fsp3) is 0.417. The zero-order chi connectivity index (χ0) is 12.3. The van der Waals surface area contributed by atoms with Crippen molar-refractivity contribution in [1.29, 1.82) is 0 Å². The Hall–Kier alpha value is -0.650. The van der Waals surface area contributed by atoms with Crippen LogP contribution in [0.25, 0.3) is 10.2 Å². The molecule has 0 aliphatic heterocycles. The number of fused-ring (bicyclic) bond motifs is 1. The van der Waals surface area contributed by atoms with Gasteiger partial charge in [0.25, 0.3) is 0 Å². The molecule has 0 saturated heterocycles. The van der Waals surface area contributed by atoms with Crippen LogP contribution in [0.2, 0.25) is 0 Å². The van der Waals surface area contributed by atoms with Crippen molar-refractivity contribution in [3.05, 3.63) is 22.7 Å². The Kier molecular flexibility index (Phi) is 4.36. The normalized spacial score (nSPS) is 12.9. The second-order valence-corrected chi connectivity index (χ2v) is 5.72. The van der Waals surface area contributed by atoms with E-state index in [2.05, 4.69) is 39.2 Å². The molecule has 0 fully saturated rings. The van der Waals surface area contributed by atoms with Crippen LogP contribution in [0.5, 0.6) is 0 Å². The van der Waals surface area contributed by atoms with E-state index in [1.165, 1.54) is 4.70 Å². The number of benzene rings is 1. The van der Waals surface area contributed by atoms with Crippen LogP contribution in [-0.4, -0.2) is 24.2 Å². The summed E-state index contributed by atoms with van der Waals surface area (Å²) in [6.07, 6.45) is 0.207. The zero-order valence-electron chi connectivity index (χ0n) is 9.87. The van der Waals surface area contributed by atoms with E-state index in [9.17, 15) is 0 Å². The average Bonchev–Trinajstić information content (AvgIpc) is 2.68. The highest BCUT2D eigenvalue weighted by Crippen LogP contribution is 2.28. The van der Waals surface area contributed by atoms with Crippen LogP contribution >= 0.6 is 27.3 Å². The summed E-state index contributed by atoms with van der Waals surface area (Å²) in [6.45, 7) is 5.59. The van der Waals surface area contributed by atoms with Crippen molar-refractivity contribution in [2.24, 2.45) is 0 Å². The first-order chi connectivity index (χ1) is 8.19. The molecule has 92 valence electrons. The molecule has 0 bridgehead atoms. The van der Waals surface area contributed by atoms with Gasteiger partial charge in [-0.25, -0.2) is 4.98 Å². The van der Waals surface area contributed by atoms with Gasteiger partial charge in [0.15, 0.2) is 5.13 Å². The van der Waals surface area contributed by atoms with Crippen molar-refractivity contribution >= 4 is 42.6 Å². The van der Waals surface area contributed by atoms with Gasteiger partial charge in [0.1, 0.15) is 0 Å². The van der Waals surface area contributed by atoms with E-state index in [0.717, 1.165) is 28.3 Å². The molecule has 1 heterocycles. The Morgan fingerprint density at radius 3 is 3.12 bits per heavy atom. The minimum Gasteiger partial charge on any atom is -0.377 e. The third-order valence-corrected chi connectivity index (χ3v) is 3.83. The molecule has 0 radical (unpaired) electrons. The minimum atomic E-state index is 0.207. The maximum atomic E-state index is 5.46. The predicted octanol–water partition coefficient (Wildman–Crippen LogP) is 3.90. The highest BCUT2D eigenvalue weighted by Gasteiger charge is 2.05. The van der Waals surface area contributed by atoms with Crippen LogP contribution in [0.1, 0.15) is 13.8 Å². The Morgan fingerprint density at radius 2 is 2.35 bits per heavy atom. The number of anilines is 1. The molecule has 17 heavy (non-hydrogen) atoms. The third kappa shape index (κ3) is 3.40. The summed E-state index contributed by atoms with van der Waals surface area (Å²) in [5, 5.41) is 4.25. The summed E-state index contributed by atoms with van der Waals surface area (Å²) in [6, 6.07) is 6.14. The van der Waals surface area contributed by atoms with Gasteiger partial charge in [-0.15, -0.1) is 0 Å². The molecular formula is C12H15BrN2OS. The van der Waals surface area contributed by atoms with Crippen LogP contribution < -0.4 is 5.32 Å². The molecule has 0 aliphatic rings. The van der Waals surface area contributed by atoms with Crippen LogP contribution in [0, 0.1) is 0 Å². The van der Waals surface area contributed by atoms with Gasteiger partial charge in [-0.05, 0) is 32.0 Å². The van der Waals surface area contributed by atoms with Gasteiger partial charge in [-0.3, -0.25) is 0 Å². The number of hydrogen-bond acceptors (Lipinski definition) is 4. The van der Waals surface area contributed by atoms with E-state index >= 15 is 0 Å². The summed E-state index contributed by atoms with van der Waals surface area (Å²) < 4.78 is 7.72. The van der Waals surface area contributed by atoms with E-state index < -0.39 is 0 Å². The minimum absolute atomic E-state index is 0.207. The van der Waals surface area contributed by atoms with E-state index in [1.54, 1.807) is 11.3 Å². The van der Waals surface area contributed by atoms with Gasteiger partial charge in [0.2, 0.25) is 0 Å². The number of aromatic nitrogens is 1. The lowest BCUT2D eigenvalue weighted by atomic mass is 10.3. The monoisotopic (exact) mass is 314 g/mol. The lowest BCUT2D eigenvalue weighted by Crippen LogP contribution is -2.19. The first-order valence-corrected chi connectivity index (χ1v) is 7.21. The number of thiazole rings is 1. The fourth-order valence-electron chi connectivity index (χ4n) is 1.55. The van der Waals surface area contributed by atoms with Crippen molar-refractivity contribution in [2.75, 3.05) is 18.5 Å². The van der Waals surface area contributed by atoms with Gasteiger partial charge in [0.05, 0.1) is 16.3 Å². The second kappa shape index (κ2) is 5.80. The molecule has 0 saturated carbocycles. The summed E-state index contributed by atoms with van der Waals surface area (Å²) in [4.78, 5) is 4.53. The molecule has 2 aromatic rings. The summed E-state index contributed by atoms with van der Waals surface area (Å²) >= 11 is 5.12. The Labute approximate surface area is 113 Å². The van der Waals surface area contributed by atoms with Gasteiger partial charge in [0, 0.05) is 17.6 Å². The van der Waals surface area contributed by atoms with Crippen LogP contribution in [-0.2, 0) is 4.74 Å². The van der Waals surface area contributed by atoms with Crippen molar-refractivity contribution in [3.8, 4) is 0 Å². The molecule has 1 aromatic heterocycles. The SMILES string of the molecule is CCOC(C)CNc1nc2cc(Br)ccc2s1. The molecule has 0 spiro atoms. The third-order valence-electron chi connectivity index (χ3n) is 2.34. The lowest BCUT2D eigenvalue weighted by Gasteiger charge is -2.11. The van der Waals surface area contributed by atoms with Crippen molar-refractivity contribution in [2.45, 2.75) is 20.0 Å². The van der Waals surface area contributed by atoms with E-state index in [0.29, 0.717) is 0 Å². The number of rotatable bonds is 5. The quantitative estimate of drug-likeness (QED) is 0.909. The average molecular weight is 315 g/mol. The first-order valence-electron chi connectivity index (χ1n) is 5.60. The van der Waals surface area contributed by atoms with Gasteiger partial charge < -0.3 is 10.1 Å². The Balaban J connectivity index is 2.04. The number of hydrogen-bond donors (Lipinski definition) is 1. The topological polar surface area (TPSA) is 34.1 Å². The molecule has 5 heteroatoms. The molecule has 1 aromatic carbocycles. The largest absolute Gasteiger partial charge is 0.377 e. The fourth-order valence-corrected chi connectivity index (χ4v) is 2.75. The van der Waals surface area contributed by atoms with E-state index in [-0.39, 0.29) is 6.10 Å². The number of ether oxygens (including phenoxy) is 1. The summed E-state index contributed by atoms with van der Waals surface area (Å²) in [5.41, 5.74) is 1.02. The number of nitrogens with one attached hydrogen (secondary N) is 1. The molecule has 2 rings (SSSR count). The van der Waals surface area contributed by atoms with Gasteiger partial charge in [-0.1, -0.05) is 27.3 Å².